The number of amides is 1. The van der Waals surface area contributed by atoms with Gasteiger partial charge in [-0.05, 0) is 30.7 Å². The number of likely N-dealkylation sites (tertiary alicyclic amines) is 2. The van der Waals surface area contributed by atoms with Crippen molar-refractivity contribution in [2.24, 2.45) is 5.92 Å². The van der Waals surface area contributed by atoms with Gasteiger partial charge >= 0.3 is 12.1 Å². The van der Waals surface area contributed by atoms with E-state index in [4.69, 9.17) is 9.84 Å². The second-order valence-electron chi connectivity index (χ2n) is 7.36. The highest BCUT2D eigenvalue weighted by molar-refractivity contribution is 5.69. The van der Waals surface area contributed by atoms with E-state index in [1.807, 2.05) is 30.3 Å². The van der Waals surface area contributed by atoms with Gasteiger partial charge in [0.25, 0.3) is 0 Å². The maximum absolute atomic E-state index is 14.6. The van der Waals surface area contributed by atoms with Crippen LogP contribution in [0.1, 0.15) is 24.8 Å². The molecule has 0 unspecified atom stereocenters. The van der Waals surface area contributed by atoms with Gasteiger partial charge in [0.1, 0.15) is 12.3 Å². The van der Waals surface area contributed by atoms with Crippen molar-refractivity contribution >= 4 is 12.1 Å². The first-order valence-corrected chi connectivity index (χ1v) is 9.02. The lowest BCUT2D eigenvalue weighted by Crippen LogP contribution is -2.61. The van der Waals surface area contributed by atoms with E-state index in [-0.39, 0.29) is 38.3 Å². The zero-order valence-corrected chi connectivity index (χ0v) is 14.8. The monoisotopic (exact) mass is 364 g/mol. The number of hydrogen-bond donors (Lipinski definition) is 1. The molecule has 0 bridgehead atoms. The van der Waals surface area contributed by atoms with Crippen molar-refractivity contribution in [1.82, 2.24) is 9.80 Å². The Bertz CT molecular complexity index is 626. The zero-order chi connectivity index (χ0) is 18.6. The fraction of sp³-hybridized carbons (Fsp3) is 0.579. The number of halogens is 1. The van der Waals surface area contributed by atoms with Crippen LogP contribution in [0.2, 0.25) is 0 Å². The number of aliphatic carboxylic acids is 1. The van der Waals surface area contributed by atoms with Crippen LogP contribution < -0.4 is 0 Å². The number of rotatable bonds is 6. The third kappa shape index (κ3) is 4.94. The fourth-order valence-corrected chi connectivity index (χ4v) is 3.83. The third-order valence-corrected chi connectivity index (χ3v) is 5.11. The highest BCUT2D eigenvalue weighted by Crippen LogP contribution is 2.35. The van der Waals surface area contributed by atoms with E-state index in [1.165, 1.54) is 0 Å². The molecule has 2 fully saturated rings. The number of nitrogens with zero attached hydrogens (tertiary/aromatic N) is 2. The summed E-state index contributed by atoms with van der Waals surface area (Å²) >= 11 is 0. The number of carboxylic acids is 1. The molecule has 142 valence electrons. The van der Waals surface area contributed by atoms with Gasteiger partial charge in [-0.1, -0.05) is 30.3 Å². The normalized spacial score (nSPS) is 20.4. The molecule has 6 nitrogen and oxygen atoms in total. The van der Waals surface area contributed by atoms with Crippen LogP contribution in [0, 0.1) is 5.92 Å². The molecule has 0 aliphatic carbocycles. The molecule has 2 aliphatic rings. The summed E-state index contributed by atoms with van der Waals surface area (Å²) in [4.78, 5) is 26.1. The second-order valence-corrected chi connectivity index (χ2v) is 7.36. The predicted octanol–water partition coefficient (Wildman–Crippen LogP) is 2.53. The number of alkyl halides is 1. The molecule has 0 saturated carbocycles. The molecule has 2 aliphatic heterocycles. The number of hydrogen-bond acceptors (Lipinski definition) is 4. The quantitative estimate of drug-likeness (QED) is 0.840. The van der Waals surface area contributed by atoms with Crippen LogP contribution in [0.15, 0.2) is 30.3 Å². The zero-order valence-electron chi connectivity index (χ0n) is 14.8. The maximum Gasteiger partial charge on any atom is 0.410 e. The van der Waals surface area contributed by atoms with Crippen molar-refractivity contribution in [2.75, 3.05) is 32.7 Å². The molecule has 0 atom stereocenters. The molecule has 0 radical (unpaired) electrons. The van der Waals surface area contributed by atoms with Crippen LogP contribution in [0.25, 0.3) is 0 Å². The number of ether oxygens (including phenoxy) is 1. The van der Waals surface area contributed by atoms with E-state index in [1.54, 1.807) is 9.80 Å². The Kier molecular flexibility index (Phi) is 5.76. The summed E-state index contributed by atoms with van der Waals surface area (Å²) in [5.41, 5.74) is -0.332. The Balaban J connectivity index is 1.36. The summed E-state index contributed by atoms with van der Waals surface area (Å²) < 4.78 is 20.0. The van der Waals surface area contributed by atoms with Gasteiger partial charge in [0.15, 0.2) is 0 Å². The smallest absolute Gasteiger partial charge is 0.410 e. The molecule has 7 heteroatoms. The topological polar surface area (TPSA) is 70.1 Å². The van der Waals surface area contributed by atoms with Crippen molar-refractivity contribution in [3.8, 4) is 0 Å². The summed E-state index contributed by atoms with van der Waals surface area (Å²) in [6.45, 7) is 1.70. The molecule has 0 spiro atoms. The Morgan fingerprint density at radius 1 is 1.19 bits per heavy atom. The molecule has 1 amide bonds. The Labute approximate surface area is 152 Å². The molecule has 2 saturated heterocycles. The molecule has 26 heavy (non-hydrogen) atoms. The van der Waals surface area contributed by atoms with Crippen LogP contribution in [-0.4, -0.2) is 65.4 Å². The second kappa shape index (κ2) is 8.03. The molecule has 3 rings (SSSR count). The van der Waals surface area contributed by atoms with Gasteiger partial charge in [-0.25, -0.2) is 9.18 Å². The summed E-state index contributed by atoms with van der Waals surface area (Å²) in [6, 6.07) is 9.54. The van der Waals surface area contributed by atoms with Gasteiger partial charge in [-0.2, -0.15) is 0 Å². The van der Waals surface area contributed by atoms with E-state index in [0.717, 1.165) is 18.4 Å². The number of carbonyl (C=O) groups excluding carboxylic acids is 1. The molecular weight excluding hydrogens is 339 g/mol. The summed E-state index contributed by atoms with van der Waals surface area (Å²) in [5, 5.41) is 8.72. The summed E-state index contributed by atoms with van der Waals surface area (Å²) in [5.74, 6) is -0.695. The number of carboxylic acid groups (broad SMARTS) is 1. The predicted molar refractivity (Wildman–Crippen MR) is 93.5 cm³/mol. The fourth-order valence-electron chi connectivity index (χ4n) is 3.83. The number of carbonyl (C=O) groups is 2. The molecule has 1 aromatic carbocycles. The Morgan fingerprint density at radius 3 is 2.46 bits per heavy atom. The molecule has 1 N–H and O–H groups in total. The molecule has 2 heterocycles. The van der Waals surface area contributed by atoms with Crippen LogP contribution in [0.5, 0.6) is 0 Å². The lowest BCUT2D eigenvalue weighted by Gasteiger charge is -2.46. The van der Waals surface area contributed by atoms with Crippen molar-refractivity contribution in [3.63, 3.8) is 0 Å². The van der Waals surface area contributed by atoms with Gasteiger partial charge in [-0.15, -0.1) is 0 Å². The lowest BCUT2D eigenvalue weighted by atomic mass is 9.81. The van der Waals surface area contributed by atoms with Gasteiger partial charge in [-0.3, -0.25) is 9.69 Å². The molecular formula is C19H25FN2O4. The molecule has 1 aromatic rings. The maximum atomic E-state index is 14.6. The SMILES string of the molecule is O=C(O)CN1CC(F)(CC2CCN(C(=O)OCc3ccccc3)CC2)C1. The van der Waals surface area contributed by atoms with Crippen molar-refractivity contribution in [1.29, 1.82) is 0 Å². The highest BCUT2D eigenvalue weighted by atomic mass is 19.1. The van der Waals surface area contributed by atoms with E-state index in [2.05, 4.69) is 0 Å². The average molecular weight is 364 g/mol. The lowest BCUT2D eigenvalue weighted by molar-refractivity contribution is -0.143. The van der Waals surface area contributed by atoms with Crippen molar-refractivity contribution < 1.29 is 23.8 Å². The van der Waals surface area contributed by atoms with Gasteiger partial charge in [0, 0.05) is 26.2 Å². The molecule has 0 aromatic heterocycles. The number of benzene rings is 1. The van der Waals surface area contributed by atoms with Crippen molar-refractivity contribution in [2.45, 2.75) is 31.5 Å². The largest absolute Gasteiger partial charge is 0.480 e. The van der Waals surface area contributed by atoms with E-state index >= 15 is 0 Å². The first-order valence-electron chi connectivity index (χ1n) is 9.02. The minimum atomic E-state index is -1.28. The van der Waals surface area contributed by atoms with E-state index in [0.29, 0.717) is 19.5 Å². The van der Waals surface area contributed by atoms with Crippen LogP contribution in [0.4, 0.5) is 9.18 Å². The van der Waals surface area contributed by atoms with Crippen LogP contribution in [-0.2, 0) is 16.1 Å². The van der Waals surface area contributed by atoms with Crippen LogP contribution in [0.3, 0.4) is 0 Å². The number of piperidine rings is 1. The third-order valence-electron chi connectivity index (χ3n) is 5.11. The van der Waals surface area contributed by atoms with Gasteiger partial charge < -0.3 is 14.7 Å². The minimum absolute atomic E-state index is 0.0998. The van der Waals surface area contributed by atoms with E-state index in [9.17, 15) is 14.0 Å². The Hall–Kier alpha value is -2.15. The van der Waals surface area contributed by atoms with Gasteiger partial charge in [0.05, 0.1) is 6.54 Å². The average Bonchev–Trinajstić information content (AvgIpc) is 2.59. The first-order chi connectivity index (χ1) is 12.4. The Morgan fingerprint density at radius 2 is 1.85 bits per heavy atom. The highest BCUT2D eigenvalue weighted by Gasteiger charge is 2.45. The summed E-state index contributed by atoms with van der Waals surface area (Å²) in [6.07, 6.45) is 1.63. The standard InChI is InChI=1S/C19H25FN2O4/c20-19(13-21(14-19)11-17(23)24)10-15-6-8-22(9-7-15)18(25)26-12-16-4-2-1-3-5-16/h1-5,15H,6-14H2,(H,23,24). The first kappa shape index (κ1) is 18.6. The minimum Gasteiger partial charge on any atom is -0.480 e. The van der Waals surface area contributed by atoms with E-state index < -0.39 is 11.6 Å². The summed E-state index contributed by atoms with van der Waals surface area (Å²) in [7, 11) is 0. The van der Waals surface area contributed by atoms with Gasteiger partial charge in [0.2, 0.25) is 0 Å². The van der Waals surface area contributed by atoms with Crippen LogP contribution >= 0.6 is 0 Å². The van der Waals surface area contributed by atoms with Crippen molar-refractivity contribution in [3.05, 3.63) is 35.9 Å².